The van der Waals surface area contributed by atoms with Crippen molar-refractivity contribution in [2.75, 3.05) is 7.11 Å². The van der Waals surface area contributed by atoms with Gasteiger partial charge in [-0.25, -0.2) is 0 Å². The molecular weight excluding hydrogens is 250 g/mol. The Bertz CT molecular complexity index is 351. The summed E-state index contributed by atoms with van der Waals surface area (Å²) in [4.78, 5) is 0. The first-order chi connectivity index (χ1) is 8.29. The third-order valence-electron chi connectivity index (χ3n) is 3.47. The number of nitrogens with one attached hydrogen (secondary N) is 1. The highest BCUT2D eigenvalue weighted by atomic mass is 35.5. The molecule has 3 nitrogen and oxygen atoms in total. The van der Waals surface area contributed by atoms with E-state index in [4.69, 9.17) is 4.74 Å². The van der Waals surface area contributed by atoms with Gasteiger partial charge < -0.3 is 15.2 Å². The van der Waals surface area contributed by atoms with Crippen molar-refractivity contribution in [1.82, 2.24) is 5.32 Å². The molecule has 0 atom stereocenters. The number of benzene rings is 1. The van der Waals surface area contributed by atoms with Gasteiger partial charge in [-0.15, -0.1) is 12.4 Å². The summed E-state index contributed by atoms with van der Waals surface area (Å²) in [5.74, 6) is 0.941. The van der Waals surface area contributed by atoms with Crippen molar-refractivity contribution in [3.05, 3.63) is 29.8 Å². The Hall–Kier alpha value is -0.770. The van der Waals surface area contributed by atoms with Gasteiger partial charge in [0.25, 0.3) is 0 Å². The Balaban J connectivity index is 0.00000162. The fourth-order valence-electron chi connectivity index (χ4n) is 2.38. The van der Waals surface area contributed by atoms with Crippen LogP contribution in [0.5, 0.6) is 5.75 Å². The Morgan fingerprint density at radius 2 is 1.89 bits per heavy atom. The van der Waals surface area contributed by atoms with Crippen molar-refractivity contribution in [3.63, 3.8) is 0 Å². The van der Waals surface area contributed by atoms with E-state index in [0.29, 0.717) is 6.04 Å². The molecule has 2 rings (SSSR count). The molecule has 2 N–H and O–H groups in total. The van der Waals surface area contributed by atoms with Crippen LogP contribution in [0.3, 0.4) is 0 Å². The van der Waals surface area contributed by atoms with Crippen LogP contribution in [-0.4, -0.2) is 24.4 Å². The molecule has 0 amide bonds. The van der Waals surface area contributed by atoms with Crippen LogP contribution in [0, 0.1) is 0 Å². The van der Waals surface area contributed by atoms with E-state index in [1.165, 1.54) is 5.56 Å². The standard InChI is InChI=1S/C14H21NO2.ClH/c1-17-14-5-3-2-4-11(14)10-15-12-6-8-13(16)9-7-12;/h2-5,12-13,15-16H,6-10H2,1H3;1H. The third kappa shape index (κ3) is 4.16. The monoisotopic (exact) mass is 271 g/mol. The maximum Gasteiger partial charge on any atom is 0.123 e. The Morgan fingerprint density at radius 1 is 1.22 bits per heavy atom. The lowest BCUT2D eigenvalue weighted by Crippen LogP contribution is -2.34. The quantitative estimate of drug-likeness (QED) is 0.884. The first-order valence-corrected chi connectivity index (χ1v) is 6.33. The van der Waals surface area contributed by atoms with E-state index >= 15 is 0 Å². The number of methoxy groups -OCH3 is 1. The SMILES string of the molecule is COc1ccccc1CNC1CCC(O)CC1.Cl. The normalized spacial score (nSPS) is 23.2. The molecule has 1 aromatic rings. The Morgan fingerprint density at radius 3 is 2.56 bits per heavy atom. The Kier molecular flexibility index (Phi) is 6.47. The second kappa shape index (κ2) is 7.62. The van der Waals surface area contributed by atoms with Gasteiger partial charge in [-0.2, -0.15) is 0 Å². The highest BCUT2D eigenvalue weighted by molar-refractivity contribution is 5.85. The predicted octanol–water partition coefficient (Wildman–Crippen LogP) is 2.51. The molecule has 1 saturated carbocycles. The van der Waals surface area contributed by atoms with Gasteiger partial charge in [0.05, 0.1) is 13.2 Å². The number of aliphatic hydroxyl groups excluding tert-OH is 1. The topological polar surface area (TPSA) is 41.5 Å². The van der Waals surface area contributed by atoms with Crippen LogP contribution in [0.1, 0.15) is 31.2 Å². The first-order valence-electron chi connectivity index (χ1n) is 6.33. The Labute approximate surface area is 115 Å². The molecule has 4 heteroatoms. The van der Waals surface area contributed by atoms with Gasteiger partial charge in [0.2, 0.25) is 0 Å². The number of aliphatic hydroxyl groups is 1. The minimum Gasteiger partial charge on any atom is -0.496 e. The van der Waals surface area contributed by atoms with Gasteiger partial charge in [0.15, 0.2) is 0 Å². The van der Waals surface area contributed by atoms with E-state index in [1.807, 2.05) is 18.2 Å². The van der Waals surface area contributed by atoms with Crippen molar-refractivity contribution in [2.45, 2.75) is 44.4 Å². The van der Waals surface area contributed by atoms with Gasteiger partial charge in [-0.1, -0.05) is 18.2 Å². The first kappa shape index (κ1) is 15.3. The van der Waals surface area contributed by atoms with Crippen LogP contribution in [0.25, 0.3) is 0 Å². The molecule has 0 radical (unpaired) electrons. The van der Waals surface area contributed by atoms with Gasteiger partial charge in [0.1, 0.15) is 5.75 Å². The summed E-state index contributed by atoms with van der Waals surface area (Å²) < 4.78 is 5.32. The molecule has 0 spiro atoms. The van der Waals surface area contributed by atoms with E-state index in [0.717, 1.165) is 38.0 Å². The molecule has 0 bridgehead atoms. The summed E-state index contributed by atoms with van der Waals surface area (Å²) >= 11 is 0. The van der Waals surface area contributed by atoms with E-state index in [9.17, 15) is 5.11 Å². The predicted molar refractivity (Wildman–Crippen MR) is 75.3 cm³/mol. The van der Waals surface area contributed by atoms with E-state index in [-0.39, 0.29) is 18.5 Å². The number of hydrogen-bond donors (Lipinski definition) is 2. The summed E-state index contributed by atoms with van der Waals surface area (Å²) in [6.07, 6.45) is 3.89. The summed E-state index contributed by atoms with van der Waals surface area (Å²) in [6.45, 7) is 0.838. The minimum absolute atomic E-state index is 0. The second-order valence-corrected chi connectivity index (χ2v) is 4.70. The summed E-state index contributed by atoms with van der Waals surface area (Å²) in [5, 5.41) is 13.0. The van der Waals surface area contributed by atoms with Crippen LogP contribution in [0.2, 0.25) is 0 Å². The molecule has 1 fully saturated rings. The molecule has 0 aromatic heterocycles. The van der Waals surface area contributed by atoms with Gasteiger partial charge in [-0.3, -0.25) is 0 Å². The largest absolute Gasteiger partial charge is 0.496 e. The molecule has 1 aliphatic carbocycles. The number of ether oxygens (including phenoxy) is 1. The maximum atomic E-state index is 9.45. The number of halogens is 1. The highest BCUT2D eigenvalue weighted by Gasteiger charge is 2.18. The van der Waals surface area contributed by atoms with Gasteiger partial charge in [0, 0.05) is 18.2 Å². The van der Waals surface area contributed by atoms with Crippen molar-refractivity contribution < 1.29 is 9.84 Å². The van der Waals surface area contributed by atoms with Crippen LogP contribution in [0.15, 0.2) is 24.3 Å². The molecule has 0 unspecified atom stereocenters. The zero-order valence-corrected chi connectivity index (χ0v) is 11.6. The van der Waals surface area contributed by atoms with Gasteiger partial charge in [-0.05, 0) is 31.7 Å². The number of rotatable bonds is 4. The molecule has 18 heavy (non-hydrogen) atoms. The van der Waals surface area contributed by atoms with Crippen molar-refractivity contribution in [1.29, 1.82) is 0 Å². The van der Waals surface area contributed by atoms with Crippen LogP contribution < -0.4 is 10.1 Å². The van der Waals surface area contributed by atoms with Crippen molar-refractivity contribution in [3.8, 4) is 5.75 Å². The van der Waals surface area contributed by atoms with E-state index < -0.39 is 0 Å². The van der Waals surface area contributed by atoms with Crippen LogP contribution >= 0.6 is 12.4 Å². The molecular formula is C14H22ClNO2. The van der Waals surface area contributed by atoms with E-state index in [2.05, 4.69) is 11.4 Å². The lowest BCUT2D eigenvalue weighted by molar-refractivity contribution is 0.116. The van der Waals surface area contributed by atoms with Crippen molar-refractivity contribution in [2.24, 2.45) is 0 Å². The third-order valence-corrected chi connectivity index (χ3v) is 3.47. The number of para-hydroxylation sites is 1. The summed E-state index contributed by atoms with van der Waals surface area (Å²) in [5.41, 5.74) is 1.20. The molecule has 0 aliphatic heterocycles. The lowest BCUT2D eigenvalue weighted by Gasteiger charge is -2.26. The smallest absolute Gasteiger partial charge is 0.123 e. The minimum atomic E-state index is -0.0840. The zero-order chi connectivity index (χ0) is 12.1. The van der Waals surface area contributed by atoms with Crippen molar-refractivity contribution >= 4 is 12.4 Å². The maximum absolute atomic E-state index is 9.45. The zero-order valence-electron chi connectivity index (χ0n) is 10.8. The van der Waals surface area contributed by atoms with E-state index in [1.54, 1.807) is 7.11 Å². The summed E-state index contributed by atoms with van der Waals surface area (Å²) in [6, 6.07) is 8.62. The molecule has 1 aromatic carbocycles. The molecule has 102 valence electrons. The fraction of sp³-hybridized carbons (Fsp3) is 0.571. The average Bonchev–Trinajstić information content (AvgIpc) is 2.38. The second-order valence-electron chi connectivity index (χ2n) is 4.70. The average molecular weight is 272 g/mol. The lowest BCUT2D eigenvalue weighted by atomic mass is 9.93. The van der Waals surface area contributed by atoms with Gasteiger partial charge >= 0.3 is 0 Å². The molecule has 0 saturated heterocycles. The summed E-state index contributed by atoms with van der Waals surface area (Å²) in [7, 11) is 1.70. The molecule has 1 aliphatic rings. The molecule has 0 heterocycles. The highest BCUT2D eigenvalue weighted by Crippen LogP contribution is 2.21. The fourth-order valence-corrected chi connectivity index (χ4v) is 2.38. The number of hydrogen-bond acceptors (Lipinski definition) is 3. The van der Waals surface area contributed by atoms with Crippen LogP contribution in [-0.2, 0) is 6.54 Å². The van der Waals surface area contributed by atoms with Crippen LogP contribution in [0.4, 0.5) is 0 Å².